The highest BCUT2D eigenvalue weighted by atomic mass is 35.5. The van der Waals surface area contributed by atoms with E-state index in [1.54, 1.807) is 6.92 Å². The van der Waals surface area contributed by atoms with Crippen molar-refractivity contribution in [3.8, 4) is 0 Å². The molecule has 0 fully saturated rings. The maximum absolute atomic E-state index is 12.7. The molecular weight excluding hydrogens is 247 g/mol. The second-order valence-electron chi connectivity index (χ2n) is 3.26. The van der Waals surface area contributed by atoms with Gasteiger partial charge >= 0.3 is 0 Å². The minimum atomic E-state index is -0.518. The van der Waals surface area contributed by atoms with Gasteiger partial charge in [0.25, 0.3) is 5.91 Å². The van der Waals surface area contributed by atoms with Crippen molar-refractivity contribution in [2.75, 3.05) is 13.1 Å². The summed E-state index contributed by atoms with van der Waals surface area (Å²) in [4.78, 5) is 22.7. The number of halogens is 2. The first-order valence-electron chi connectivity index (χ1n) is 5.04. The van der Waals surface area contributed by atoms with E-state index in [1.807, 2.05) is 0 Å². The summed E-state index contributed by atoms with van der Waals surface area (Å²) >= 11 is 5.70. The predicted molar refractivity (Wildman–Crippen MR) is 62.4 cm³/mol. The van der Waals surface area contributed by atoms with Crippen molar-refractivity contribution in [2.24, 2.45) is 0 Å². The molecule has 0 atom stereocenters. The third-order valence-electron chi connectivity index (χ3n) is 1.96. The predicted octanol–water partition coefficient (Wildman–Crippen LogP) is 1.34. The first-order chi connectivity index (χ1) is 8.04. The third-order valence-corrected chi connectivity index (χ3v) is 2.27. The van der Waals surface area contributed by atoms with Crippen LogP contribution in [0, 0.1) is 5.82 Å². The standard InChI is InChI=1S/C11H12ClFN2O2/c1-2-14-10(16)6-15-11(17)8-4-3-7(13)5-9(8)12/h3-5H,2,6H2,1H3,(H,14,16)(H,15,17). The lowest BCUT2D eigenvalue weighted by molar-refractivity contribution is -0.120. The number of rotatable bonds is 4. The lowest BCUT2D eigenvalue weighted by atomic mass is 10.2. The van der Waals surface area contributed by atoms with Gasteiger partial charge in [0.05, 0.1) is 17.1 Å². The molecule has 0 saturated carbocycles. The van der Waals surface area contributed by atoms with Gasteiger partial charge in [-0.15, -0.1) is 0 Å². The molecule has 0 heterocycles. The molecule has 1 aromatic carbocycles. The van der Waals surface area contributed by atoms with Gasteiger partial charge < -0.3 is 10.6 Å². The molecule has 0 saturated heterocycles. The zero-order valence-electron chi connectivity index (χ0n) is 9.22. The van der Waals surface area contributed by atoms with E-state index in [4.69, 9.17) is 11.6 Å². The lowest BCUT2D eigenvalue weighted by Crippen LogP contribution is -2.36. The largest absolute Gasteiger partial charge is 0.355 e. The Hall–Kier alpha value is -1.62. The van der Waals surface area contributed by atoms with Crippen molar-refractivity contribution in [2.45, 2.75) is 6.92 Å². The van der Waals surface area contributed by atoms with Crippen molar-refractivity contribution in [3.63, 3.8) is 0 Å². The monoisotopic (exact) mass is 258 g/mol. The van der Waals surface area contributed by atoms with Crippen LogP contribution in [0.3, 0.4) is 0 Å². The summed E-state index contributed by atoms with van der Waals surface area (Å²) in [5.74, 6) is -1.32. The summed E-state index contributed by atoms with van der Waals surface area (Å²) in [7, 11) is 0. The minimum absolute atomic E-state index is 0.0124. The van der Waals surface area contributed by atoms with Crippen LogP contribution in [0.25, 0.3) is 0 Å². The van der Waals surface area contributed by atoms with E-state index < -0.39 is 11.7 Å². The Morgan fingerprint density at radius 1 is 1.35 bits per heavy atom. The van der Waals surface area contributed by atoms with Gasteiger partial charge in [-0.2, -0.15) is 0 Å². The molecule has 0 spiro atoms. The Labute approximate surface area is 103 Å². The molecule has 92 valence electrons. The maximum atomic E-state index is 12.7. The smallest absolute Gasteiger partial charge is 0.253 e. The Morgan fingerprint density at radius 3 is 2.65 bits per heavy atom. The molecule has 2 amide bonds. The zero-order chi connectivity index (χ0) is 12.8. The number of carbonyl (C=O) groups excluding carboxylic acids is 2. The van der Waals surface area contributed by atoms with Crippen molar-refractivity contribution in [1.29, 1.82) is 0 Å². The van der Waals surface area contributed by atoms with Crippen LogP contribution in [0.2, 0.25) is 5.02 Å². The Kier molecular flexibility index (Phi) is 4.90. The van der Waals surface area contributed by atoms with Crippen LogP contribution in [0.15, 0.2) is 18.2 Å². The Bertz CT molecular complexity index is 437. The van der Waals surface area contributed by atoms with Crippen LogP contribution in [-0.2, 0) is 4.79 Å². The van der Waals surface area contributed by atoms with Crippen LogP contribution in [0.4, 0.5) is 4.39 Å². The first kappa shape index (κ1) is 13.4. The van der Waals surface area contributed by atoms with Gasteiger partial charge in [-0.3, -0.25) is 9.59 Å². The highest BCUT2D eigenvalue weighted by Crippen LogP contribution is 2.16. The molecule has 1 aromatic rings. The molecule has 0 aliphatic rings. The number of carbonyl (C=O) groups is 2. The second kappa shape index (κ2) is 6.20. The van der Waals surface area contributed by atoms with E-state index in [2.05, 4.69) is 10.6 Å². The first-order valence-corrected chi connectivity index (χ1v) is 5.42. The van der Waals surface area contributed by atoms with E-state index >= 15 is 0 Å². The van der Waals surface area contributed by atoms with Gasteiger partial charge in [-0.05, 0) is 25.1 Å². The van der Waals surface area contributed by atoms with Gasteiger partial charge in [-0.1, -0.05) is 11.6 Å². The second-order valence-corrected chi connectivity index (χ2v) is 3.67. The quantitative estimate of drug-likeness (QED) is 0.856. The van der Waals surface area contributed by atoms with Gasteiger partial charge in [0.1, 0.15) is 5.82 Å². The number of likely N-dealkylation sites (N-methyl/N-ethyl adjacent to an activating group) is 1. The normalized spacial score (nSPS) is 9.82. The fourth-order valence-corrected chi connectivity index (χ4v) is 1.44. The molecule has 0 radical (unpaired) electrons. The Morgan fingerprint density at radius 2 is 2.06 bits per heavy atom. The summed E-state index contributed by atoms with van der Waals surface area (Å²) in [5, 5.41) is 4.93. The highest BCUT2D eigenvalue weighted by molar-refractivity contribution is 6.33. The van der Waals surface area contributed by atoms with E-state index in [1.165, 1.54) is 6.07 Å². The van der Waals surface area contributed by atoms with Crippen molar-refractivity contribution in [1.82, 2.24) is 10.6 Å². The zero-order valence-corrected chi connectivity index (χ0v) is 9.97. The van der Waals surface area contributed by atoms with E-state index in [-0.39, 0.29) is 23.0 Å². The molecule has 17 heavy (non-hydrogen) atoms. The molecule has 0 aliphatic carbocycles. The average Bonchev–Trinajstić information content (AvgIpc) is 2.26. The molecule has 0 aromatic heterocycles. The SMILES string of the molecule is CCNC(=O)CNC(=O)c1ccc(F)cc1Cl. The minimum Gasteiger partial charge on any atom is -0.355 e. The molecule has 4 nitrogen and oxygen atoms in total. The summed E-state index contributed by atoms with van der Waals surface area (Å²) in [6, 6.07) is 3.44. The Balaban J connectivity index is 2.61. The van der Waals surface area contributed by atoms with Gasteiger partial charge in [0, 0.05) is 6.54 Å². The number of benzene rings is 1. The third kappa shape index (κ3) is 4.03. The molecule has 0 unspecified atom stereocenters. The molecule has 0 aliphatic heterocycles. The molecule has 6 heteroatoms. The molecule has 1 rings (SSSR count). The van der Waals surface area contributed by atoms with E-state index in [9.17, 15) is 14.0 Å². The topological polar surface area (TPSA) is 58.2 Å². The lowest BCUT2D eigenvalue weighted by Gasteiger charge is -2.06. The van der Waals surface area contributed by atoms with Gasteiger partial charge in [0.2, 0.25) is 5.91 Å². The highest BCUT2D eigenvalue weighted by Gasteiger charge is 2.11. The van der Waals surface area contributed by atoms with Crippen LogP contribution in [0.1, 0.15) is 17.3 Å². The number of amides is 2. The summed E-state index contributed by atoms with van der Waals surface area (Å²) in [5.41, 5.74) is 0.136. The maximum Gasteiger partial charge on any atom is 0.253 e. The van der Waals surface area contributed by atoms with Crippen molar-refractivity contribution < 1.29 is 14.0 Å². The van der Waals surface area contributed by atoms with E-state index in [0.717, 1.165) is 12.1 Å². The number of nitrogens with one attached hydrogen (secondary N) is 2. The van der Waals surface area contributed by atoms with E-state index in [0.29, 0.717) is 6.54 Å². The average molecular weight is 259 g/mol. The number of hydrogen-bond donors (Lipinski definition) is 2. The molecule has 2 N–H and O–H groups in total. The summed E-state index contributed by atoms with van der Waals surface area (Å²) in [6.45, 7) is 2.13. The van der Waals surface area contributed by atoms with Gasteiger partial charge in [-0.25, -0.2) is 4.39 Å². The van der Waals surface area contributed by atoms with Crippen LogP contribution < -0.4 is 10.6 Å². The van der Waals surface area contributed by atoms with Crippen LogP contribution in [0.5, 0.6) is 0 Å². The fourth-order valence-electron chi connectivity index (χ4n) is 1.19. The number of hydrogen-bond acceptors (Lipinski definition) is 2. The van der Waals surface area contributed by atoms with Crippen molar-refractivity contribution in [3.05, 3.63) is 34.6 Å². The van der Waals surface area contributed by atoms with Crippen LogP contribution in [-0.4, -0.2) is 24.9 Å². The van der Waals surface area contributed by atoms with Gasteiger partial charge in [0.15, 0.2) is 0 Å². The summed E-state index contributed by atoms with van der Waals surface area (Å²) < 4.78 is 12.7. The molecular formula is C11H12ClFN2O2. The fraction of sp³-hybridized carbons (Fsp3) is 0.273. The summed E-state index contributed by atoms with van der Waals surface area (Å²) in [6.07, 6.45) is 0. The van der Waals surface area contributed by atoms with Crippen molar-refractivity contribution >= 4 is 23.4 Å². The van der Waals surface area contributed by atoms with Crippen LogP contribution >= 0.6 is 11.6 Å². The molecule has 0 bridgehead atoms.